The molecule has 1 atom stereocenters. The fourth-order valence-corrected chi connectivity index (χ4v) is 2.53. The van der Waals surface area contributed by atoms with Crippen molar-refractivity contribution in [3.05, 3.63) is 0 Å². The molecule has 0 radical (unpaired) electrons. The third kappa shape index (κ3) is 5.08. The molecule has 94 valence electrons. The molecule has 1 aliphatic rings. The maximum atomic E-state index is 10.8. The number of nitrogens with zero attached hydrogens (tertiary/aromatic N) is 1. The third-order valence-corrected chi connectivity index (χ3v) is 3.42. The Labute approximate surface area is 98.8 Å². The number of Topliss-reactive ketones (excluding diaryl/α,β-unsaturated/α-hetero) is 1. The van der Waals surface area contributed by atoms with Crippen LogP contribution < -0.4 is 0 Å². The fraction of sp³-hybridized carbons (Fsp3) is 0.923. The molecule has 1 fully saturated rings. The molecule has 0 bridgehead atoms. The second-order valence-electron chi connectivity index (χ2n) is 4.86. The van der Waals surface area contributed by atoms with Gasteiger partial charge in [-0.1, -0.05) is 0 Å². The molecule has 1 rings (SSSR count). The number of likely N-dealkylation sites (tertiary alicyclic amines) is 1. The largest absolute Gasteiger partial charge is 0.396 e. The van der Waals surface area contributed by atoms with Gasteiger partial charge in [-0.2, -0.15) is 0 Å². The Morgan fingerprint density at radius 3 is 2.88 bits per heavy atom. The van der Waals surface area contributed by atoms with Crippen LogP contribution in [0.5, 0.6) is 0 Å². The Balaban J connectivity index is 2.12. The van der Waals surface area contributed by atoms with Gasteiger partial charge in [-0.25, -0.2) is 0 Å². The number of carbonyl (C=O) groups is 1. The van der Waals surface area contributed by atoms with Gasteiger partial charge in [0.25, 0.3) is 0 Å². The number of ketones is 1. The molecule has 1 N–H and O–H groups in total. The summed E-state index contributed by atoms with van der Waals surface area (Å²) < 4.78 is 0. The van der Waals surface area contributed by atoms with E-state index in [1.165, 1.54) is 19.4 Å². The van der Waals surface area contributed by atoms with E-state index < -0.39 is 0 Å². The smallest absolute Gasteiger partial charge is 0.129 e. The first-order valence-electron chi connectivity index (χ1n) is 6.58. The highest BCUT2D eigenvalue weighted by Crippen LogP contribution is 2.21. The highest BCUT2D eigenvalue weighted by Gasteiger charge is 2.22. The molecule has 3 nitrogen and oxygen atoms in total. The first kappa shape index (κ1) is 13.7. The Morgan fingerprint density at radius 2 is 2.19 bits per heavy atom. The van der Waals surface area contributed by atoms with E-state index in [4.69, 9.17) is 5.11 Å². The molecule has 0 saturated carbocycles. The molecular weight excluding hydrogens is 202 g/mol. The van der Waals surface area contributed by atoms with Gasteiger partial charge in [0, 0.05) is 19.1 Å². The van der Waals surface area contributed by atoms with E-state index in [1.54, 1.807) is 6.92 Å². The highest BCUT2D eigenvalue weighted by molar-refractivity contribution is 5.75. The Hall–Kier alpha value is -0.410. The van der Waals surface area contributed by atoms with Crippen molar-refractivity contribution < 1.29 is 9.90 Å². The fourth-order valence-electron chi connectivity index (χ4n) is 2.53. The summed E-state index contributed by atoms with van der Waals surface area (Å²) in [4.78, 5) is 13.3. The topological polar surface area (TPSA) is 40.5 Å². The molecule has 1 aliphatic heterocycles. The van der Waals surface area contributed by atoms with Crippen molar-refractivity contribution in [2.45, 2.75) is 57.9 Å². The van der Waals surface area contributed by atoms with Crippen LogP contribution in [0.1, 0.15) is 51.9 Å². The Bertz CT molecular complexity index is 206. The van der Waals surface area contributed by atoms with Crippen molar-refractivity contribution in [1.29, 1.82) is 0 Å². The molecule has 0 aromatic heterocycles. The zero-order valence-electron chi connectivity index (χ0n) is 10.5. The predicted octanol–water partition coefficient (Wildman–Crippen LogP) is 1.98. The monoisotopic (exact) mass is 227 g/mol. The van der Waals surface area contributed by atoms with Crippen LogP contribution in [0.4, 0.5) is 0 Å². The summed E-state index contributed by atoms with van der Waals surface area (Å²) in [5, 5.41) is 8.83. The lowest BCUT2D eigenvalue weighted by molar-refractivity contribution is -0.117. The van der Waals surface area contributed by atoms with Crippen LogP contribution in [0.25, 0.3) is 0 Å². The van der Waals surface area contributed by atoms with Crippen molar-refractivity contribution in [3.63, 3.8) is 0 Å². The van der Waals surface area contributed by atoms with Crippen LogP contribution in [0.3, 0.4) is 0 Å². The van der Waals surface area contributed by atoms with Crippen LogP contribution in [0.15, 0.2) is 0 Å². The predicted molar refractivity (Wildman–Crippen MR) is 65.4 cm³/mol. The van der Waals surface area contributed by atoms with Gasteiger partial charge < -0.3 is 14.8 Å². The number of rotatable bonds is 8. The van der Waals surface area contributed by atoms with E-state index in [9.17, 15) is 4.79 Å². The standard InChI is InChI=1S/C13H25NO2/c1-12(16)6-2-3-9-14-10-4-7-13(14)8-5-11-15/h13,15H,2-11H2,1H3. The van der Waals surface area contributed by atoms with Gasteiger partial charge in [-0.15, -0.1) is 0 Å². The minimum atomic E-state index is 0.304. The number of hydrogen-bond donors (Lipinski definition) is 1. The molecule has 0 spiro atoms. The van der Waals surface area contributed by atoms with E-state index in [1.807, 2.05) is 0 Å². The quantitative estimate of drug-likeness (QED) is 0.645. The summed E-state index contributed by atoms with van der Waals surface area (Å²) in [6, 6.07) is 0.685. The van der Waals surface area contributed by atoms with Crippen LogP contribution >= 0.6 is 0 Å². The van der Waals surface area contributed by atoms with E-state index in [2.05, 4.69) is 4.90 Å². The molecule has 1 heterocycles. The van der Waals surface area contributed by atoms with Crippen LogP contribution in [0.2, 0.25) is 0 Å². The van der Waals surface area contributed by atoms with Gasteiger partial charge in [-0.3, -0.25) is 0 Å². The first-order valence-corrected chi connectivity index (χ1v) is 6.58. The van der Waals surface area contributed by atoms with Gasteiger partial charge in [-0.05, 0) is 58.5 Å². The zero-order chi connectivity index (χ0) is 11.8. The van der Waals surface area contributed by atoms with Gasteiger partial charge in [0.2, 0.25) is 0 Å². The normalized spacial score (nSPS) is 21.5. The average molecular weight is 227 g/mol. The number of aliphatic hydroxyl groups is 1. The van der Waals surface area contributed by atoms with Gasteiger partial charge in [0.05, 0.1) is 0 Å². The molecule has 0 aliphatic carbocycles. The molecule has 16 heavy (non-hydrogen) atoms. The van der Waals surface area contributed by atoms with Crippen molar-refractivity contribution in [3.8, 4) is 0 Å². The molecule has 1 unspecified atom stereocenters. The third-order valence-electron chi connectivity index (χ3n) is 3.42. The van der Waals surface area contributed by atoms with E-state index >= 15 is 0 Å². The maximum Gasteiger partial charge on any atom is 0.129 e. The summed E-state index contributed by atoms with van der Waals surface area (Å²) in [6.07, 6.45) is 7.52. The van der Waals surface area contributed by atoms with Crippen molar-refractivity contribution in [2.24, 2.45) is 0 Å². The van der Waals surface area contributed by atoms with Gasteiger partial charge in [0.1, 0.15) is 5.78 Å². The van der Waals surface area contributed by atoms with E-state index in [0.29, 0.717) is 18.4 Å². The second kappa shape index (κ2) is 7.80. The molecule has 1 saturated heterocycles. The van der Waals surface area contributed by atoms with Crippen molar-refractivity contribution >= 4 is 5.78 Å². The lowest BCUT2D eigenvalue weighted by Gasteiger charge is -2.24. The van der Waals surface area contributed by atoms with E-state index in [0.717, 1.165) is 38.6 Å². The van der Waals surface area contributed by atoms with Crippen molar-refractivity contribution in [1.82, 2.24) is 4.90 Å². The molecule has 3 heteroatoms. The highest BCUT2D eigenvalue weighted by atomic mass is 16.2. The molecule has 0 aromatic carbocycles. The Kier molecular flexibility index (Phi) is 6.65. The molecule has 0 amide bonds. The van der Waals surface area contributed by atoms with Gasteiger partial charge >= 0.3 is 0 Å². The van der Waals surface area contributed by atoms with Crippen LogP contribution in [-0.4, -0.2) is 41.5 Å². The summed E-state index contributed by atoms with van der Waals surface area (Å²) >= 11 is 0. The average Bonchev–Trinajstić information content (AvgIpc) is 2.69. The SMILES string of the molecule is CC(=O)CCCCN1CCCC1CCCO. The second-order valence-corrected chi connectivity index (χ2v) is 4.86. The number of unbranched alkanes of at least 4 members (excludes halogenated alkanes) is 1. The lowest BCUT2D eigenvalue weighted by Crippen LogP contribution is -2.30. The number of carbonyl (C=O) groups excluding carboxylic acids is 1. The summed E-state index contributed by atoms with van der Waals surface area (Å²) in [5.74, 6) is 0.304. The summed E-state index contributed by atoms with van der Waals surface area (Å²) in [5.41, 5.74) is 0. The Morgan fingerprint density at radius 1 is 1.38 bits per heavy atom. The maximum absolute atomic E-state index is 10.8. The zero-order valence-corrected chi connectivity index (χ0v) is 10.5. The van der Waals surface area contributed by atoms with E-state index in [-0.39, 0.29) is 0 Å². The van der Waals surface area contributed by atoms with Crippen molar-refractivity contribution in [2.75, 3.05) is 19.7 Å². The van der Waals surface area contributed by atoms with Crippen LogP contribution in [0, 0.1) is 0 Å². The lowest BCUT2D eigenvalue weighted by atomic mass is 10.1. The minimum absolute atomic E-state index is 0.304. The number of aliphatic hydroxyl groups excluding tert-OH is 1. The minimum Gasteiger partial charge on any atom is -0.396 e. The van der Waals surface area contributed by atoms with Gasteiger partial charge in [0.15, 0.2) is 0 Å². The molecular formula is C13H25NO2. The first-order chi connectivity index (χ1) is 7.74. The molecule has 0 aromatic rings. The number of hydrogen-bond acceptors (Lipinski definition) is 3. The summed E-state index contributed by atoms with van der Waals surface area (Å²) in [7, 11) is 0. The summed E-state index contributed by atoms with van der Waals surface area (Å²) in [6.45, 7) is 4.31. The van der Waals surface area contributed by atoms with Crippen LogP contribution in [-0.2, 0) is 4.79 Å².